The van der Waals surface area contributed by atoms with Crippen molar-refractivity contribution in [3.05, 3.63) is 29.8 Å². The molecule has 0 saturated carbocycles. The van der Waals surface area contributed by atoms with Gasteiger partial charge in [-0.05, 0) is 24.1 Å². The van der Waals surface area contributed by atoms with Crippen LogP contribution in [0.5, 0.6) is 5.75 Å². The smallest absolute Gasteiger partial charge is 0.115 e. The summed E-state index contributed by atoms with van der Waals surface area (Å²) in [4.78, 5) is 0. The Morgan fingerprint density at radius 3 is 2.46 bits per heavy atom. The molecular formula is C12H14O. The monoisotopic (exact) mass is 174 g/mol. The molecule has 0 unspecified atom stereocenters. The van der Waals surface area contributed by atoms with E-state index in [0.717, 1.165) is 19.3 Å². The Morgan fingerprint density at radius 2 is 1.85 bits per heavy atom. The molecule has 0 saturated heterocycles. The molecule has 0 fully saturated rings. The van der Waals surface area contributed by atoms with E-state index in [-0.39, 0.29) is 0 Å². The fraction of sp³-hybridized carbons (Fsp3) is 0.333. The second-order valence-corrected chi connectivity index (χ2v) is 2.87. The Bertz CT molecular complexity index is 300. The molecular weight excluding hydrogens is 160 g/mol. The zero-order chi connectivity index (χ0) is 9.52. The fourth-order valence-electron chi connectivity index (χ4n) is 1.08. The fourth-order valence-corrected chi connectivity index (χ4v) is 1.08. The molecule has 0 amide bonds. The first-order chi connectivity index (χ1) is 6.33. The zero-order valence-electron chi connectivity index (χ0n) is 7.88. The van der Waals surface area contributed by atoms with E-state index < -0.39 is 0 Å². The van der Waals surface area contributed by atoms with Gasteiger partial charge in [0, 0.05) is 12.8 Å². The predicted octanol–water partition coefficient (Wildman–Crippen LogP) is 2.74. The standard InChI is InChI=1S/C12H14O/c1-2-3-4-5-6-11-7-9-12(13)10-8-11/h7-10,13H,2,5-6H2,1H3. The van der Waals surface area contributed by atoms with Gasteiger partial charge in [0.25, 0.3) is 0 Å². The van der Waals surface area contributed by atoms with Crippen LogP contribution < -0.4 is 0 Å². The van der Waals surface area contributed by atoms with Gasteiger partial charge in [0.05, 0.1) is 0 Å². The second kappa shape index (κ2) is 5.27. The van der Waals surface area contributed by atoms with Crippen molar-refractivity contribution in [2.75, 3.05) is 0 Å². The van der Waals surface area contributed by atoms with Crippen molar-refractivity contribution in [2.45, 2.75) is 26.2 Å². The maximum absolute atomic E-state index is 9.04. The average Bonchev–Trinajstić information content (AvgIpc) is 2.15. The number of hydrogen-bond acceptors (Lipinski definition) is 1. The number of hydrogen-bond donors (Lipinski definition) is 1. The SMILES string of the molecule is CCC#CCCc1ccc(O)cc1. The molecule has 0 aromatic heterocycles. The molecule has 68 valence electrons. The molecule has 0 heterocycles. The minimum absolute atomic E-state index is 0.323. The van der Waals surface area contributed by atoms with Crippen molar-refractivity contribution < 1.29 is 5.11 Å². The van der Waals surface area contributed by atoms with Crippen molar-refractivity contribution in [3.8, 4) is 17.6 Å². The van der Waals surface area contributed by atoms with Crippen molar-refractivity contribution in [3.63, 3.8) is 0 Å². The lowest BCUT2D eigenvalue weighted by atomic mass is 10.1. The lowest BCUT2D eigenvalue weighted by Gasteiger charge is -1.96. The van der Waals surface area contributed by atoms with Crippen LogP contribution in [0.4, 0.5) is 0 Å². The molecule has 1 nitrogen and oxygen atoms in total. The highest BCUT2D eigenvalue weighted by atomic mass is 16.3. The quantitative estimate of drug-likeness (QED) is 0.683. The van der Waals surface area contributed by atoms with Gasteiger partial charge in [-0.3, -0.25) is 0 Å². The lowest BCUT2D eigenvalue weighted by Crippen LogP contribution is -1.81. The number of rotatable bonds is 2. The molecule has 0 radical (unpaired) electrons. The van der Waals surface area contributed by atoms with E-state index in [2.05, 4.69) is 11.8 Å². The minimum Gasteiger partial charge on any atom is -0.508 e. The molecule has 1 rings (SSSR count). The van der Waals surface area contributed by atoms with E-state index in [1.165, 1.54) is 5.56 Å². The summed E-state index contributed by atoms with van der Waals surface area (Å²) in [6, 6.07) is 7.29. The Kier molecular flexibility index (Phi) is 3.92. The molecule has 13 heavy (non-hydrogen) atoms. The first-order valence-corrected chi connectivity index (χ1v) is 4.56. The Balaban J connectivity index is 2.41. The van der Waals surface area contributed by atoms with E-state index in [1.54, 1.807) is 12.1 Å². The number of phenols is 1. The zero-order valence-corrected chi connectivity index (χ0v) is 7.88. The van der Waals surface area contributed by atoms with Crippen molar-refractivity contribution in [1.82, 2.24) is 0 Å². The molecule has 1 N–H and O–H groups in total. The minimum atomic E-state index is 0.323. The van der Waals surface area contributed by atoms with E-state index in [0.29, 0.717) is 5.75 Å². The van der Waals surface area contributed by atoms with Gasteiger partial charge >= 0.3 is 0 Å². The maximum atomic E-state index is 9.04. The third kappa shape index (κ3) is 3.66. The molecule has 1 heteroatoms. The highest BCUT2D eigenvalue weighted by molar-refractivity contribution is 5.26. The molecule has 0 spiro atoms. The molecule has 1 aromatic rings. The molecule has 0 bridgehead atoms. The summed E-state index contributed by atoms with van der Waals surface area (Å²) < 4.78 is 0. The van der Waals surface area contributed by atoms with Crippen LogP contribution >= 0.6 is 0 Å². The van der Waals surface area contributed by atoms with Crippen LogP contribution in [0.3, 0.4) is 0 Å². The van der Waals surface area contributed by atoms with E-state index in [1.807, 2.05) is 19.1 Å². The Morgan fingerprint density at radius 1 is 1.15 bits per heavy atom. The summed E-state index contributed by atoms with van der Waals surface area (Å²) in [6.07, 6.45) is 2.79. The molecule has 1 aromatic carbocycles. The summed E-state index contributed by atoms with van der Waals surface area (Å²) in [5.41, 5.74) is 1.23. The van der Waals surface area contributed by atoms with Crippen LogP contribution in [-0.4, -0.2) is 5.11 Å². The Hall–Kier alpha value is -1.42. The second-order valence-electron chi connectivity index (χ2n) is 2.87. The topological polar surface area (TPSA) is 20.2 Å². The van der Waals surface area contributed by atoms with Crippen LogP contribution in [0.2, 0.25) is 0 Å². The van der Waals surface area contributed by atoms with Gasteiger partial charge < -0.3 is 5.11 Å². The van der Waals surface area contributed by atoms with Crippen LogP contribution in [-0.2, 0) is 6.42 Å². The molecule has 0 aliphatic rings. The predicted molar refractivity (Wildman–Crippen MR) is 54.5 cm³/mol. The van der Waals surface area contributed by atoms with E-state index >= 15 is 0 Å². The van der Waals surface area contributed by atoms with Crippen LogP contribution in [0.1, 0.15) is 25.3 Å². The van der Waals surface area contributed by atoms with Gasteiger partial charge in [-0.2, -0.15) is 0 Å². The third-order valence-corrected chi connectivity index (χ3v) is 1.78. The number of aromatic hydroxyl groups is 1. The Labute approximate surface area is 79.4 Å². The van der Waals surface area contributed by atoms with Crippen molar-refractivity contribution >= 4 is 0 Å². The average molecular weight is 174 g/mol. The van der Waals surface area contributed by atoms with Gasteiger partial charge in [0.2, 0.25) is 0 Å². The lowest BCUT2D eigenvalue weighted by molar-refractivity contribution is 0.475. The van der Waals surface area contributed by atoms with E-state index in [9.17, 15) is 0 Å². The number of phenolic OH excluding ortho intramolecular Hbond substituents is 1. The highest BCUT2D eigenvalue weighted by Crippen LogP contribution is 2.10. The van der Waals surface area contributed by atoms with Crippen molar-refractivity contribution in [2.24, 2.45) is 0 Å². The van der Waals surface area contributed by atoms with Gasteiger partial charge in [-0.1, -0.05) is 19.1 Å². The first kappa shape index (κ1) is 9.67. The van der Waals surface area contributed by atoms with Gasteiger partial charge in [-0.15, -0.1) is 11.8 Å². The summed E-state index contributed by atoms with van der Waals surface area (Å²) in [7, 11) is 0. The third-order valence-electron chi connectivity index (χ3n) is 1.78. The van der Waals surface area contributed by atoms with Gasteiger partial charge in [0.1, 0.15) is 5.75 Å². The van der Waals surface area contributed by atoms with Crippen LogP contribution in [0, 0.1) is 11.8 Å². The van der Waals surface area contributed by atoms with E-state index in [4.69, 9.17) is 5.11 Å². The largest absolute Gasteiger partial charge is 0.508 e. The maximum Gasteiger partial charge on any atom is 0.115 e. The van der Waals surface area contributed by atoms with Crippen molar-refractivity contribution in [1.29, 1.82) is 0 Å². The molecule has 0 aliphatic heterocycles. The first-order valence-electron chi connectivity index (χ1n) is 4.56. The number of benzene rings is 1. The van der Waals surface area contributed by atoms with Crippen LogP contribution in [0.15, 0.2) is 24.3 Å². The normalized spacial score (nSPS) is 9.00. The molecule has 0 aliphatic carbocycles. The van der Waals surface area contributed by atoms with Crippen LogP contribution in [0.25, 0.3) is 0 Å². The summed E-state index contributed by atoms with van der Waals surface area (Å²) >= 11 is 0. The molecule has 0 atom stereocenters. The summed E-state index contributed by atoms with van der Waals surface area (Å²) in [5.74, 6) is 6.44. The summed E-state index contributed by atoms with van der Waals surface area (Å²) in [6.45, 7) is 2.05. The summed E-state index contributed by atoms with van der Waals surface area (Å²) in [5, 5.41) is 9.04. The highest BCUT2D eigenvalue weighted by Gasteiger charge is 1.90. The van der Waals surface area contributed by atoms with Gasteiger partial charge in [-0.25, -0.2) is 0 Å². The van der Waals surface area contributed by atoms with Gasteiger partial charge in [0.15, 0.2) is 0 Å². The number of aryl methyl sites for hydroxylation is 1.